The topological polar surface area (TPSA) is 60.2 Å². The van der Waals surface area contributed by atoms with Crippen LogP contribution < -0.4 is 15.8 Å². The first kappa shape index (κ1) is 18.4. The summed E-state index contributed by atoms with van der Waals surface area (Å²) in [7, 11) is 0. The molecule has 0 fully saturated rings. The molecule has 1 atom stereocenters. The summed E-state index contributed by atoms with van der Waals surface area (Å²) in [5.74, 6) is 0.764. The molecule has 1 aromatic heterocycles. The number of aromatic nitrogens is 1. The van der Waals surface area contributed by atoms with Crippen LogP contribution in [-0.2, 0) is 12.0 Å². The van der Waals surface area contributed by atoms with Crippen molar-refractivity contribution in [3.63, 3.8) is 0 Å². The van der Waals surface area contributed by atoms with Gasteiger partial charge < -0.3 is 15.8 Å². The van der Waals surface area contributed by atoms with E-state index < -0.39 is 0 Å². The third kappa shape index (κ3) is 6.30. The van der Waals surface area contributed by atoms with Crippen molar-refractivity contribution in [2.24, 2.45) is 5.73 Å². The van der Waals surface area contributed by atoms with Crippen molar-refractivity contribution in [2.45, 2.75) is 45.2 Å². The molecule has 130 valence electrons. The SMILES string of the molecule is CC(C)(C)c1cccc(CNCCC(N)COc2cccnc2)c1. The van der Waals surface area contributed by atoms with Crippen LogP contribution >= 0.6 is 0 Å². The van der Waals surface area contributed by atoms with Crippen molar-refractivity contribution in [1.29, 1.82) is 0 Å². The summed E-state index contributed by atoms with van der Waals surface area (Å²) < 4.78 is 5.62. The highest BCUT2D eigenvalue weighted by molar-refractivity contribution is 5.28. The van der Waals surface area contributed by atoms with Crippen LogP contribution in [0.25, 0.3) is 0 Å². The molecule has 0 aliphatic carbocycles. The summed E-state index contributed by atoms with van der Waals surface area (Å²) >= 11 is 0. The van der Waals surface area contributed by atoms with Gasteiger partial charge in [-0.25, -0.2) is 0 Å². The zero-order valence-corrected chi connectivity index (χ0v) is 15.0. The Bertz CT molecular complexity index is 608. The molecule has 2 aromatic rings. The zero-order chi connectivity index (χ0) is 17.4. The fourth-order valence-corrected chi connectivity index (χ4v) is 2.39. The number of ether oxygens (including phenoxy) is 1. The van der Waals surface area contributed by atoms with E-state index in [2.05, 4.69) is 55.3 Å². The van der Waals surface area contributed by atoms with Gasteiger partial charge in [0.1, 0.15) is 12.4 Å². The largest absolute Gasteiger partial charge is 0.490 e. The predicted molar refractivity (Wildman–Crippen MR) is 99.2 cm³/mol. The molecule has 0 aliphatic heterocycles. The Morgan fingerprint density at radius 1 is 1.21 bits per heavy atom. The molecule has 0 saturated carbocycles. The summed E-state index contributed by atoms with van der Waals surface area (Å²) in [6, 6.07) is 12.5. The lowest BCUT2D eigenvalue weighted by molar-refractivity contribution is 0.280. The van der Waals surface area contributed by atoms with Crippen LogP contribution in [0.4, 0.5) is 0 Å². The van der Waals surface area contributed by atoms with E-state index in [0.29, 0.717) is 6.61 Å². The molecule has 3 N–H and O–H groups in total. The summed E-state index contributed by atoms with van der Waals surface area (Å²) in [6.45, 7) is 8.95. The number of benzene rings is 1. The third-order valence-corrected chi connectivity index (χ3v) is 3.91. The molecule has 0 aliphatic rings. The maximum absolute atomic E-state index is 6.10. The van der Waals surface area contributed by atoms with E-state index in [1.807, 2.05) is 12.1 Å². The highest BCUT2D eigenvalue weighted by Crippen LogP contribution is 2.22. The third-order valence-electron chi connectivity index (χ3n) is 3.91. The van der Waals surface area contributed by atoms with Crippen molar-refractivity contribution < 1.29 is 4.74 Å². The van der Waals surface area contributed by atoms with Gasteiger partial charge in [-0.15, -0.1) is 0 Å². The molecule has 2 rings (SSSR count). The lowest BCUT2D eigenvalue weighted by Crippen LogP contribution is -2.31. The average Bonchev–Trinajstić information content (AvgIpc) is 2.57. The smallest absolute Gasteiger partial charge is 0.137 e. The van der Waals surface area contributed by atoms with Crippen LogP contribution in [0.3, 0.4) is 0 Å². The molecule has 1 aromatic carbocycles. The predicted octanol–water partition coefficient (Wildman–Crippen LogP) is 3.27. The molecule has 0 bridgehead atoms. The van der Waals surface area contributed by atoms with Crippen molar-refractivity contribution in [3.8, 4) is 5.75 Å². The number of nitrogens with one attached hydrogen (secondary N) is 1. The maximum Gasteiger partial charge on any atom is 0.137 e. The van der Waals surface area contributed by atoms with Crippen LogP contribution in [0.15, 0.2) is 48.8 Å². The molecule has 1 unspecified atom stereocenters. The molecule has 0 saturated heterocycles. The Balaban J connectivity index is 1.67. The normalized spacial score (nSPS) is 12.8. The second kappa shape index (κ2) is 8.81. The Morgan fingerprint density at radius 2 is 2.04 bits per heavy atom. The number of pyridine rings is 1. The quantitative estimate of drug-likeness (QED) is 0.731. The molecule has 24 heavy (non-hydrogen) atoms. The number of rotatable bonds is 8. The van der Waals surface area contributed by atoms with E-state index in [0.717, 1.165) is 25.3 Å². The van der Waals surface area contributed by atoms with E-state index in [-0.39, 0.29) is 11.5 Å². The summed E-state index contributed by atoms with van der Waals surface area (Å²) in [5, 5.41) is 3.46. The number of hydrogen-bond acceptors (Lipinski definition) is 4. The molecular weight excluding hydrogens is 298 g/mol. The molecule has 0 amide bonds. The van der Waals surface area contributed by atoms with Crippen LogP contribution in [0.2, 0.25) is 0 Å². The van der Waals surface area contributed by atoms with Crippen LogP contribution in [-0.4, -0.2) is 24.2 Å². The maximum atomic E-state index is 6.10. The minimum Gasteiger partial charge on any atom is -0.490 e. The van der Waals surface area contributed by atoms with Gasteiger partial charge in [-0.2, -0.15) is 0 Å². The summed E-state index contributed by atoms with van der Waals surface area (Å²) in [6.07, 6.45) is 4.30. The van der Waals surface area contributed by atoms with Gasteiger partial charge in [-0.05, 0) is 41.6 Å². The highest BCUT2D eigenvalue weighted by Gasteiger charge is 2.13. The standard InChI is InChI=1S/C20H29N3O/c1-20(2,3)17-7-4-6-16(12-17)13-23-11-9-18(21)15-24-19-8-5-10-22-14-19/h4-8,10,12,14,18,23H,9,11,13,15,21H2,1-3H3. The molecule has 0 radical (unpaired) electrons. The van der Waals surface area contributed by atoms with E-state index in [9.17, 15) is 0 Å². The molecule has 0 spiro atoms. The molecular formula is C20H29N3O. The van der Waals surface area contributed by atoms with Crippen LogP contribution in [0, 0.1) is 0 Å². The first-order valence-corrected chi connectivity index (χ1v) is 8.54. The minimum absolute atomic E-state index is 0.0126. The second-order valence-corrected chi connectivity index (χ2v) is 7.18. The summed E-state index contributed by atoms with van der Waals surface area (Å²) in [4.78, 5) is 4.02. The molecule has 4 heteroatoms. The van der Waals surface area contributed by atoms with Crippen LogP contribution in [0.5, 0.6) is 5.75 Å². The van der Waals surface area contributed by atoms with Gasteiger partial charge in [-0.1, -0.05) is 45.0 Å². The van der Waals surface area contributed by atoms with Crippen molar-refractivity contribution in [1.82, 2.24) is 10.3 Å². The lowest BCUT2D eigenvalue weighted by Gasteiger charge is -2.20. The van der Waals surface area contributed by atoms with Gasteiger partial charge in [0, 0.05) is 18.8 Å². The lowest BCUT2D eigenvalue weighted by atomic mass is 9.86. The minimum atomic E-state index is 0.0126. The molecule has 1 heterocycles. The van der Waals surface area contributed by atoms with Crippen molar-refractivity contribution >= 4 is 0 Å². The van der Waals surface area contributed by atoms with E-state index in [1.165, 1.54) is 11.1 Å². The molecule has 4 nitrogen and oxygen atoms in total. The highest BCUT2D eigenvalue weighted by atomic mass is 16.5. The van der Waals surface area contributed by atoms with Crippen LogP contribution in [0.1, 0.15) is 38.3 Å². The average molecular weight is 327 g/mol. The van der Waals surface area contributed by atoms with Gasteiger partial charge in [0.05, 0.1) is 6.20 Å². The van der Waals surface area contributed by atoms with Gasteiger partial charge in [0.25, 0.3) is 0 Å². The number of hydrogen-bond donors (Lipinski definition) is 2. The number of nitrogens with two attached hydrogens (primary N) is 1. The van der Waals surface area contributed by atoms with E-state index in [4.69, 9.17) is 10.5 Å². The number of nitrogens with zero attached hydrogens (tertiary/aromatic N) is 1. The zero-order valence-electron chi connectivity index (χ0n) is 15.0. The Morgan fingerprint density at radius 3 is 2.75 bits per heavy atom. The van der Waals surface area contributed by atoms with Gasteiger partial charge in [-0.3, -0.25) is 4.98 Å². The Kier molecular flexibility index (Phi) is 6.76. The van der Waals surface area contributed by atoms with Gasteiger partial charge in [0.15, 0.2) is 0 Å². The van der Waals surface area contributed by atoms with Crippen molar-refractivity contribution in [2.75, 3.05) is 13.2 Å². The Labute approximate surface area is 145 Å². The Hall–Kier alpha value is -1.91. The van der Waals surface area contributed by atoms with Gasteiger partial charge in [0.2, 0.25) is 0 Å². The van der Waals surface area contributed by atoms with Gasteiger partial charge >= 0.3 is 0 Å². The van der Waals surface area contributed by atoms with Crippen molar-refractivity contribution in [3.05, 3.63) is 59.9 Å². The second-order valence-electron chi connectivity index (χ2n) is 7.18. The monoisotopic (exact) mass is 327 g/mol. The fraction of sp³-hybridized carbons (Fsp3) is 0.450. The summed E-state index contributed by atoms with van der Waals surface area (Å²) in [5.41, 5.74) is 8.95. The van der Waals surface area contributed by atoms with E-state index in [1.54, 1.807) is 12.4 Å². The first-order chi connectivity index (χ1) is 11.4. The van der Waals surface area contributed by atoms with E-state index >= 15 is 0 Å². The fourth-order valence-electron chi connectivity index (χ4n) is 2.39. The first-order valence-electron chi connectivity index (χ1n) is 8.54.